The molecule has 4 amide bonds. The van der Waals surface area contributed by atoms with Crippen LogP contribution in [-0.4, -0.2) is 52.5 Å². The quantitative estimate of drug-likeness (QED) is 0.158. The summed E-state index contributed by atoms with van der Waals surface area (Å²) < 4.78 is 5.35. The van der Waals surface area contributed by atoms with Gasteiger partial charge < -0.3 is 15.4 Å². The van der Waals surface area contributed by atoms with E-state index >= 15 is 0 Å². The Morgan fingerprint density at radius 2 is 1.68 bits per heavy atom. The van der Waals surface area contributed by atoms with Gasteiger partial charge in [0.05, 0.1) is 0 Å². The normalized spacial score (nSPS) is 11.1. The predicted octanol–water partition coefficient (Wildman–Crippen LogP) is 5.48. The molecule has 0 aliphatic carbocycles. The van der Waals surface area contributed by atoms with Crippen LogP contribution >= 0.6 is 0 Å². The number of pyridine rings is 1. The Labute approximate surface area is 242 Å². The highest BCUT2D eigenvalue weighted by Gasteiger charge is 2.23. The van der Waals surface area contributed by atoms with Gasteiger partial charge in [-0.3, -0.25) is 24.8 Å². The molecule has 0 bridgehead atoms. The van der Waals surface area contributed by atoms with E-state index in [-0.39, 0.29) is 11.8 Å². The third-order valence-corrected chi connectivity index (χ3v) is 5.72. The maximum Gasteiger partial charge on any atom is 0.429 e. The third-order valence-electron chi connectivity index (χ3n) is 5.72. The molecule has 0 atom stereocenters. The minimum Gasteiger partial charge on any atom is -0.442 e. The summed E-state index contributed by atoms with van der Waals surface area (Å²) in [6, 6.07) is 10.2. The Bertz CT molecular complexity index is 1140. The molecule has 10 nitrogen and oxygen atoms in total. The Hall–Kier alpha value is -4.21. The molecule has 41 heavy (non-hydrogen) atoms. The van der Waals surface area contributed by atoms with Crippen LogP contribution in [0.4, 0.5) is 10.5 Å². The first-order valence-electron chi connectivity index (χ1n) is 14.1. The predicted molar refractivity (Wildman–Crippen MR) is 160 cm³/mol. The average molecular weight is 566 g/mol. The first kappa shape index (κ1) is 33.0. The maximum atomic E-state index is 12.6. The molecule has 0 radical (unpaired) electrons. The second-order valence-corrected chi connectivity index (χ2v) is 10.6. The molecular formula is C31H43N5O5. The molecule has 1 aromatic carbocycles. The molecule has 2 rings (SSSR count). The number of carbonyl (C=O) groups excluding carboxylic acids is 4. The fraction of sp³-hybridized carbons (Fsp3) is 0.452. The summed E-state index contributed by atoms with van der Waals surface area (Å²) in [7, 11) is 0. The van der Waals surface area contributed by atoms with Crippen molar-refractivity contribution in [3.05, 3.63) is 66.0 Å². The van der Waals surface area contributed by atoms with E-state index in [0.29, 0.717) is 37.2 Å². The molecule has 0 spiro atoms. The number of hydrogen-bond donors (Lipinski definition) is 3. The minimum absolute atomic E-state index is 0.0890. The highest BCUT2D eigenvalue weighted by Crippen LogP contribution is 2.13. The van der Waals surface area contributed by atoms with Crippen LogP contribution in [-0.2, 0) is 14.3 Å². The smallest absolute Gasteiger partial charge is 0.429 e. The third kappa shape index (κ3) is 14.1. The van der Waals surface area contributed by atoms with E-state index in [2.05, 4.69) is 21.0 Å². The molecule has 0 saturated heterocycles. The molecule has 2 aromatic rings. The number of nitrogens with one attached hydrogen (secondary N) is 3. The fourth-order valence-corrected chi connectivity index (χ4v) is 3.71. The summed E-state index contributed by atoms with van der Waals surface area (Å²) >= 11 is 0. The van der Waals surface area contributed by atoms with Gasteiger partial charge in [0.2, 0.25) is 11.8 Å². The number of ether oxygens (including phenoxy) is 1. The number of anilines is 1. The first-order chi connectivity index (χ1) is 19.6. The first-order valence-corrected chi connectivity index (χ1v) is 14.1. The molecule has 0 aliphatic heterocycles. The summed E-state index contributed by atoms with van der Waals surface area (Å²) in [5.41, 5.74) is 3.75. The maximum absolute atomic E-state index is 12.6. The van der Waals surface area contributed by atoms with Gasteiger partial charge in [0.1, 0.15) is 5.60 Å². The van der Waals surface area contributed by atoms with Crippen molar-refractivity contribution < 1.29 is 23.9 Å². The van der Waals surface area contributed by atoms with Crippen molar-refractivity contribution >= 4 is 35.6 Å². The summed E-state index contributed by atoms with van der Waals surface area (Å²) in [5, 5.41) is 6.89. The standard InChI is InChI=1S/C31H43N5O5/c1-5-22-36(30(40)41-31(2,3)4)35-29(39)25-15-17-26(18-16-25)34-28(38)13-9-7-6-8-10-21-33-27(37)19-14-24-12-11-20-32-23-24/h11-12,14-20,23H,5-10,13,21-22H2,1-4H3,(H,33,37)(H,34,38)(H,35,39)/b19-14+. The number of unbranched alkanes of at least 4 members (excludes halogenated alkanes) is 4. The van der Waals surface area contributed by atoms with Crippen LogP contribution in [0.1, 0.15) is 88.6 Å². The van der Waals surface area contributed by atoms with Crippen LogP contribution < -0.4 is 16.1 Å². The highest BCUT2D eigenvalue weighted by atomic mass is 16.6. The van der Waals surface area contributed by atoms with Gasteiger partial charge in [0.15, 0.2) is 0 Å². The molecule has 0 fully saturated rings. The van der Waals surface area contributed by atoms with Gasteiger partial charge in [0, 0.05) is 49.2 Å². The van der Waals surface area contributed by atoms with Crippen molar-refractivity contribution in [1.29, 1.82) is 0 Å². The number of aromatic nitrogens is 1. The lowest BCUT2D eigenvalue weighted by Gasteiger charge is -2.27. The molecule has 3 N–H and O–H groups in total. The number of hydrogen-bond acceptors (Lipinski definition) is 6. The molecule has 0 unspecified atom stereocenters. The van der Waals surface area contributed by atoms with E-state index in [1.165, 1.54) is 11.1 Å². The molecule has 0 saturated carbocycles. The van der Waals surface area contributed by atoms with Crippen LogP contribution in [0.25, 0.3) is 6.08 Å². The van der Waals surface area contributed by atoms with Crippen molar-refractivity contribution in [2.24, 2.45) is 0 Å². The summed E-state index contributed by atoms with van der Waals surface area (Å²) in [6.07, 6.45) is 11.6. The van der Waals surface area contributed by atoms with Crippen molar-refractivity contribution in [3.63, 3.8) is 0 Å². The van der Waals surface area contributed by atoms with Gasteiger partial charge in [-0.05, 0) is 82.0 Å². The zero-order chi connectivity index (χ0) is 30.1. The number of hydrazine groups is 1. The number of amides is 4. The monoisotopic (exact) mass is 565 g/mol. The second kappa shape index (κ2) is 17.5. The number of carbonyl (C=O) groups is 4. The summed E-state index contributed by atoms with van der Waals surface area (Å²) in [6.45, 7) is 8.12. The van der Waals surface area contributed by atoms with Gasteiger partial charge in [-0.2, -0.15) is 0 Å². The van der Waals surface area contributed by atoms with Crippen LogP contribution in [0.3, 0.4) is 0 Å². The Balaban J connectivity index is 1.62. The van der Waals surface area contributed by atoms with Gasteiger partial charge in [-0.15, -0.1) is 0 Å². The zero-order valence-electron chi connectivity index (χ0n) is 24.6. The highest BCUT2D eigenvalue weighted by molar-refractivity contribution is 5.96. The SMILES string of the molecule is CCCN(NC(=O)c1ccc(NC(=O)CCCCCCCNC(=O)/C=C/c2cccnc2)cc1)C(=O)OC(C)(C)C. The lowest BCUT2D eigenvalue weighted by molar-refractivity contribution is -0.117. The number of nitrogens with zero attached hydrogens (tertiary/aromatic N) is 2. The van der Waals surface area contributed by atoms with E-state index in [1.54, 1.807) is 63.5 Å². The average Bonchev–Trinajstić information content (AvgIpc) is 2.93. The lowest BCUT2D eigenvalue weighted by atomic mass is 10.1. The molecule has 0 aliphatic rings. The van der Waals surface area contributed by atoms with Crippen molar-refractivity contribution in [3.8, 4) is 0 Å². The Morgan fingerprint density at radius 1 is 0.976 bits per heavy atom. The van der Waals surface area contributed by atoms with Crippen molar-refractivity contribution in [2.75, 3.05) is 18.4 Å². The van der Waals surface area contributed by atoms with Crippen LogP contribution in [0.15, 0.2) is 54.9 Å². The van der Waals surface area contributed by atoms with E-state index in [0.717, 1.165) is 37.7 Å². The van der Waals surface area contributed by atoms with E-state index in [9.17, 15) is 19.2 Å². The summed E-state index contributed by atoms with van der Waals surface area (Å²) in [5.74, 6) is -0.657. The molecule has 10 heteroatoms. The minimum atomic E-state index is -0.675. The van der Waals surface area contributed by atoms with Crippen LogP contribution in [0.5, 0.6) is 0 Å². The van der Waals surface area contributed by atoms with Gasteiger partial charge in [0.25, 0.3) is 5.91 Å². The topological polar surface area (TPSA) is 130 Å². The van der Waals surface area contributed by atoms with Gasteiger partial charge >= 0.3 is 6.09 Å². The molecule has 1 heterocycles. The fourth-order valence-electron chi connectivity index (χ4n) is 3.71. The van der Waals surface area contributed by atoms with Crippen LogP contribution in [0, 0.1) is 0 Å². The molecule has 1 aromatic heterocycles. The van der Waals surface area contributed by atoms with Crippen LogP contribution in [0.2, 0.25) is 0 Å². The van der Waals surface area contributed by atoms with E-state index in [4.69, 9.17) is 4.74 Å². The zero-order valence-corrected chi connectivity index (χ0v) is 24.6. The Kier molecular flexibility index (Phi) is 14.1. The Morgan fingerprint density at radius 3 is 2.34 bits per heavy atom. The van der Waals surface area contributed by atoms with E-state index < -0.39 is 17.6 Å². The van der Waals surface area contributed by atoms with Gasteiger partial charge in [-0.25, -0.2) is 9.80 Å². The lowest BCUT2D eigenvalue weighted by Crippen LogP contribution is -2.48. The van der Waals surface area contributed by atoms with Gasteiger partial charge in [-0.1, -0.05) is 32.3 Å². The summed E-state index contributed by atoms with van der Waals surface area (Å²) in [4.78, 5) is 53.2. The van der Waals surface area contributed by atoms with Crippen molar-refractivity contribution in [2.45, 2.75) is 78.2 Å². The number of benzene rings is 1. The second-order valence-electron chi connectivity index (χ2n) is 10.6. The largest absolute Gasteiger partial charge is 0.442 e. The van der Waals surface area contributed by atoms with Crippen molar-refractivity contribution in [1.82, 2.24) is 20.7 Å². The number of rotatable bonds is 14. The molecular weight excluding hydrogens is 522 g/mol. The molecule has 222 valence electrons. The van der Waals surface area contributed by atoms with E-state index in [1.807, 2.05) is 19.1 Å².